The zero-order valence-electron chi connectivity index (χ0n) is 17.3. The molecule has 0 aliphatic heterocycles. The quantitative estimate of drug-likeness (QED) is 0.290. The van der Waals surface area contributed by atoms with Crippen LogP contribution in [0.4, 0.5) is 11.6 Å². The molecule has 170 valence electrons. The molecule has 0 saturated carbocycles. The highest BCUT2D eigenvalue weighted by atomic mass is 31.2. The number of anilines is 2. The highest BCUT2D eigenvalue weighted by Gasteiger charge is 2.30. The number of aromatic nitrogens is 8. The lowest BCUT2D eigenvalue weighted by Gasteiger charge is -2.34. The van der Waals surface area contributed by atoms with Crippen molar-refractivity contribution in [3.05, 3.63) is 25.3 Å². The molecular weight excluding hydrogens is 439 g/mol. The van der Waals surface area contributed by atoms with E-state index in [4.69, 9.17) is 16.2 Å². The summed E-state index contributed by atoms with van der Waals surface area (Å²) in [6.07, 6.45) is 5.01. The van der Waals surface area contributed by atoms with Crippen LogP contribution < -0.4 is 16.4 Å². The van der Waals surface area contributed by atoms with Crippen molar-refractivity contribution in [3.63, 3.8) is 0 Å². The summed E-state index contributed by atoms with van der Waals surface area (Å²) in [5.41, 5.74) is 13.4. The second kappa shape index (κ2) is 8.39. The van der Waals surface area contributed by atoms with Gasteiger partial charge in [-0.2, -0.15) is 0 Å². The number of ether oxygens (including phenoxy) is 1. The summed E-state index contributed by atoms with van der Waals surface area (Å²) in [7, 11) is -4.85. The molecule has 0 bridgehead atoms. The first-order valence-corrected chi connectivity index (χ1v) is 11.3. The molecule has 0 amide bonds. The molecule has 32 heavy (non-hydrogen) atoms. The molecular formula is C17H22N10O4P-. The predicted octanol–water partition coefficient (Wildman–Crippen LogP) is -0.256. The maximum atomic E-state index is 12.1. The topological polar surface area (TPSA) is 209 Å². The molecule has 0 spiro atoms. The molecule has 4 atom stereocenters. The standard InChI is InChI=1S/C17H23N10O4P/c1-9(3-26-7-24-11-13(18)20-5-22-15(11)26)17(32(28,29)30)31-10(2)4-27-8-25-12-14(19)21-6-23-16(12)27/h5-10,17H,3-4H2,1-2H3,(H2,18,20,22)(H2,19,21,23)(H2,28,29,30)/p-1/t9-,10-,17?/m1/s1. The molecule has 2 unspecified atom stereocenters. The Morgan fingerprint density at radius 2 is 1.47 bits per heavy atom. The highest BCUT2D eigenvalue weighted by Crippen LogP contribution is 2.43. The third-order valence-corrected chi connectivity index (χ3v) is 6.25. The maximum Gasteiger partial charge on any atom is 0.165 e. The number of nitrogens with two attached hydrogens (primary N) is 2. The van der Waals surface area contributed by atoms with Crippen molar-refractivity contribution < 1.29 is 19.1 Å². The zero-order chi connectivity index (χ0) is 23.0. The maximum absolute atomic E-state index is 12.1. The Balaban J connectivity index is 1.52. The average molecular weight is 461 g/mol. The summed E-state index contributed by atoms with van der Waals surface area (Å²) in [4.78, 5) is 46.4. The molecule has 4 aromatic heterocycles. The number of imidazole rings is 2. The molecule has 0 fully saturated rings. The van der Waals surface area contributed by atoms with E-state index < -0.39 is 25.5 Å². The fourth-order valence-electron chi connectivity index (χ4n) is 3.56. The van der Waals surface area contributed by atoms with E-state index in [9.17, 15) is 14.4 Å². The van der Waals surface area contributed by atoms with Crippen molar-refractivity contribution >= 4 is 41.6 Å². The molecule has 4 heterocycles. The van der Waals surface area contributed by atoms with Crippen molar-refractivity contribution in [2.24, 2.45) is 5.92 Å². The van der Waals surface area contributed by atoms with E-state index in [0.29, 0.717) is 22.3 Å². The average Bonchev–Trinajstić information content (AvgIpc) is 3.32. The third kappa shape index (κ3) is 4.25. The first-order valence-electron chi connectivity index (χ1n) is 9.66. The normalized spacial score (nSPS) is 16.8. The van der Waals surface area contributed by atoms with Crippen LogP contribution in [0.25, 0.3) is 22.3 Å². The van der Waals surface area contributed by atoms with Gasteiger partial charge < -0.3 is 39.7 Å². The van der Waals surface area contributed by atoms with E-state index in [1.165, 1.54) is 25.3 Å². The van der Waals surface area contributed by atoms with E-state index >= 15 is 0 Å². The van der Waals surface area contributed by atoms with Crippen LogP contribution in [0.3, 0.4) is 0 Å². The molecule has 4 rings (SSSR count). The first kappa shape index (κ1) is 22.0. The molecule has 0 aliphatic carbocycles. The number of hydrogen-bond acceptors (Lipinski definition) is 11. The van der Waals surface area contributed by atoms with E-state index in [-0.39, 0.29) is 24.7 Å². The number of nitrogens with zero attached hydrogens (tertiary/aromatic N) is 8. The number of fused-ring (bicyclic) bond motifs is 2. The fraction of sp³-hybridized carbons (Fsp3) is 0.412. The number of nitrogen functional groups attached to an aromatic ring is 2. The van der Waals surface area contributed by atoms with Gasteiger partial charge in [-0.05, 0) is 6.92 Å². The van der Waals surface area contributed by atoms with Crippen LogP contribution in [-0.2, 0) is 22.4 Å². The van der Waals surface area contributed by atoms with Gasteiger partial charge in [-0.1, -0.05) is 6.92 Å². The van der Waals surface area contributed by atoms with Gasteiger partial charge in [0.15, 0.2) is 30.5 Å². The Labute approximate surface area is 181 Å². The minimum Gasteiger partial charge on any atom is -0.777 e. The third-order valence-electron chi connectivity index (χ3n) is 4.98. The van der Waals surface area contributed by atoms with Crippen molar-refractivity contribution in [1.29, 1.82) is 0 Å². The zero-order valence-corrected chi connectivity index (χ0v) is 18.2. The van der Waals surface area contributed by atoms with Gasteiger partial charge in [0, 0.05) is 12.5 Å². The SMILES string of the molecule is C[C@H](Cn1cnc2c(N)ncnc21)OC([C@H](C)Cn1cnc2c(N)ncnc21)P(=O)([O-])O. The minimum atomic E-state index is -4.85. The molecule has 4 aromatic rings. The molecule has 0 aliphatic rings. The van der Waals surface area contributed by atoms with Gasteiger partial charge >= 0.3 is 0 Å². The summed E-state index contributed by atoms with van der Waals surface area (Å²) >= 11 is 0. The molecule has 0 aromatic carbocycles. The number of rotatable bonds is 8. The van der Waals surface area contributed by atoms with E-state index in [2.05, 4.69) is 29.9 Å². The minimum absolute atomic E-state index is 0.162. The molecule has 15 heteroatoms. The Morgan fingerprint density at radius 1 is 0.969 bits per heavy atom. The monoisotopic (exact) mass is 461 g/mol. The second-order valence-corrected chi connectivity index (χ2v) is 9.17. The van der Waals surface area contributed by atoms with Gasteiger partial charge in [-0.15, -0.1) is 0 Å². The summed E-state index contributed by atoms with van der Waals surface area (Å²) in [6, 6.07) is 0. The van der Waals surface area contributed by atoms with Gasteiger partial charge in [0.05, 0.1) is 25.3 Å². The lowest BCUT2D eigenvalue weighted by Crippen LogP contribution is -2.34. The van der Waals surface area contributed by atoms with Crippen LogP contribution in [-0.4, -0.2) is 55.9 Å². The van der Waals surface area contributed by atoms with Crippen molar-refractivity contribution in [2.45, 2.75) is 38.9 Å². The fourth-order valence-corrected chi connectivity index (χ4v) is 4.65. The Bertz CT molecular complexity index is 1300. The lowest BCUT2D eigenvalue weighted by molar-refractivity contribution is -0.210. The van der Waals surface area contributed by atoms with Crippen LogP contribution in [0.15, 0.2) is 25.3 Å². The van der Waals surface area contributed by atoms with Crippen LogP contribution >= 0.6 is 7.60 Å². The van der Waals surface area contributed by atoms with Gasteiger partial charge in [0.1, 0.15) is 29.5 Å². The predicted molar refractivity (Wildman–Crippen MR) is 113 cm³/mol. The largest absolute Gasteiger partial charge is 0.777 e. The van der Waals surface area contributed by atoms with E-state index in [1.807, 2.05) is 0 Å². The molecule has 5 N–H and O–H groups in total. The van der Waals surface area contributed by atoms with Crippen molar-refractivity contribution in [2.75, 3.05) is 11.5 Å². The van der Waals surface area contributed by atoms with Gasteiger partial charge in [-0.25, -0.2) is 29.9 Å². The van der Waals surface area contributed by atoms with Crippen molar-refractivity contribution in [1.82, 2.24) is 39.0 Å². The molecule has 0 saturated heterocycles. The van der Waals surface area contributed by atoms with Crippen LogP contribution in [0.2, 0.25) is 0 Å². The van der Waals surface area contributed by atoms with E-state index in [0.717, 1.165) is 0 Å². The summed E-state index contributed by atoms with van der Waals surface area (Å²) in [5.74, 6) is -1.65. The molecule has 14 nitrogen and oxygen atoms in total. The van der Waals surface area contributed by atoms with Crippen molar-refractivity contribution in [3.8, 4) is 0 Å². The Kier molecular flexibility index (Phi) is 5.77. The highest BCUT2D eigenvalue weighted by molar-refractivity contribution is 7.50. The van der Waals surface area contributed by atoms with Gasteiger partial charge in [0.25, 0.3) is 0 Å². The van der Waals surface area contributed by atoms with Crippen LogP contribution in [0.1, 0.15) is 13.8 Å². The van der Waals surface area contributed by atoms with Gasteiger partial charge in [-0.3, -0.25) is 0 Å². The van der Waals surface area contributed by atoms with Gasteiger partial charge in [0.2, 0.25) is 0 Å². The molecule has 0 radical (unpaired) electrons. The smallest absolute Gasteiger partial charge is 0.165 e. The summed E-state index contributed by atoms with van der Waals surface area (Å²) < 4.78 is 21.2. The number of hydrogen-bond donors (Lipinski definition) is 3. The lowest BCUT2D eigenvalue weighted by atomic mass is 10.2. The second-order valence-electron chi connectivity index (χ2n) is 7.53. The summed E-state index contributed by atoms with van der Waals surface area (Å²) in [6.45, 7) is 3.73. The summed E-state index contributed by atoms with van der Waals surface area (Å²) in [5, 5.41) is 0. The van der Waals surface area contributed by atoms with Crippen LogP contribution in [0, 0.1) is 5.92 Å². The Morgan fingerprint density at radius 3 is 1.97 bits per heavy atom. The Hall–Kier alpha value is -3.19. The first-order chi connectivity index (χ1) is 15.1. The van der Waals surface area contributed by atoms with E-state index in [1.54, 1.807) is 23.0 Å². The van der Waals surface area contributed by atoms with Crippen LogP contribution in [0.5, 0.6) is 0 Å².